The van der Waals surface area contributed by atoms with Crippen molar-refractivity contribution in [3.05, 3.63) is 27.7 Å². The number of ketones is 1. The summed E-state index contributed by atoms with van der Waals surface area (Å²) in [6, 6.07) is 1.76. The zero-order valence-corrected chi connectivity index (χ0v) is 6.96. The Kier molecular flexibility index (Phi) is 1.93. The lowest BCUT2D eigenvalue weighted by molar-refractivity contribution is 0.104. The van der Waals surface area contributed by atoms with Crippen LogP contribution >= 0.6 is 27.3 Å². The van der Waals surface area contributed by atoms with Gasteiger partial charge in [-0.2, -0.15) is 0 Å². The van der Waals surface area contributed by atoms with Gasteiger partial charge in [0.15, 0.2) is 0 Å². The van der Waals surface area contributed by atoms with Crippen LogP contribution in [0.3, 0.4) is 0 Å². The second-order valence-electron chi connectivity index (χ2n) is 1.55. The first-order chi connectivity index (χ1) is 4.20. The summed E-state index contributed by atoms with van der Waals surface area (Å²) in [4.78, 5) is 11.2. The fourth-order valence-corrected chi connectivity index (χ4v) is 1.75. The van der Waals surface area contributed by atoms with Crippen LogP contribution in [0, 0.1) is 6.92 Å². The van der Waals surface area contributed by atoms with Crippen molar-refractivity contribution in [2.75, 3.05) is 0 Å². The summed E-state index contributed by atoms with van der Waals surface area (Å²) in [5.74, 6) is -0.120. The third-order valence-electron chi connectivity index (χ3n) is 0.842. The van der Waals surface area contributed by atoms with Gasteiger partial charge < -0.3 is 0 Å². The van der Waals surface area contributed by atoms with Gasteiger partial charge in [0.1, 0.15) is 0 Å². The van der Waals surface area contributed by atoms with Gasteiger partial charge in [0.25, 0.3) is 0 Å². The molecule has 3 heteroatoms. The van der Waals surface area contributed by atoms with Gasteiger partial charge in [-0.05, 0) is 27.3 Å². The quantitative estimate of drug-likeness (QED) is 0.507. The summed E-state index contributed by atoms with van der Waals surface area (Å²) in [5.41, 5.74) is 0. The molecule has 0 N–H and O–H groups in total. The zero-order valence-electron chi connectivity index (χ0n) is 4.56. The molecule has 0 aliphatic rings. The maximum absolute atomic E-state index is 10.5. The van der Waals surface area contributed by atoms with Crippen molar-refractivity contribution >= 4 is 33.0 Å². The molecule has 0 saturated carbocycles. The lowest BCUT2D eigenvalue weighted by atomic mass is 10.4. The Morgan fingerprint density at radius 2 is 2.44 bits per heavy atom. The van der Waals surface area contributed by atoms with Crippen molar-refractivity contribution in [1.82, 2.24) is 0 Å². The monoisotopic (exact) mass is 203 g/mol. The van der Waals surface area contributed by atoms with Crippen LogP contribution in [0.15, 0.2) is 15.9 Å². The first-order valence-corrected chi connectivity index (χ1v) is 3.98. The van der Waals surface area contributed by atoms with E-state index in [1.54, 1.807) is 6.07 Å². The fraction of sp³-hybridized carbons (Fsp3) is 0. The first-order valence-electron chi connectivity index (χ1n) is 2.30. The highest BCUT2D eigenvalue weighted by Crippen LogP contribution is 2.19. The van der Waals surface area contributed by atoms with E-state index in [4.69, 9.17) is 0 Å². The van der Waals surface area contributed by atoms with E-state index < -0.39 is 0 Å². The number of carbonyl (C=O) groups excluding carboxylic acids is 1. The minimum atomic E-state index is -0.120. The molecule has 1 aromatic heterocycles. The lowest BCUT2D eigenvalue weighted by Gasteiger charge is -1.68. The molecular formula is C6H4BrOS+. The van der Waals surface area contributed by atoms with E-state index in [1.165, 1.54) is 11.3 Å². The molecule has 0 atom stereocenters. The number of Topliss-reactive ketones (excluding diaryl/α,β-unsaturated/α-hetero) is 1. The Morgan fingerprint density at radius 3 is 2.67 bits per heavy atom. The van der Waals surface area contributed by atoms with Gasteiger partial charge in [-0.3, -0.25) is 0 Å². The van der Waals surface area contributed by atoms with Crippen LogP contribution in [-0.2, 0) is 0 Å². The molecule has 0 radical (unpaired) electrons. The Morgan fingerprint density at radius 1 is 1.78 bits per heavy atom. The number of hydrogen-bond donors (Lipinski definition) is 0. The average Bonchev–Trinajstić information content (AvgIpc) is 2.14. The predicted octanol–water partition coefficient (Wildman–Crippen LogP) is 2.53. The van der Waals surface area contributed by atoms with Crippen molar-refractivity contribution in [3.63, 3.8) is 0 Å². The summed E-state index contributed by atoms with van der Waals surface area (Å²) < 4.78 is 0.944. The van der Waals surface area contributed by atoms with Crippen molar-refractivity contribution < 1.29 is 4.79 Å². The van der Waals surface area contributed by atoms with Crippen LogP contribution < -0.4 is 0 Å². The summed E-state index contributed by atoms with van der Waals surface area (Å²) in [6.45, 7) is 3.27. The van der Waals surface area contributed by atoms with E-state index in [-0.39, 0.29) is 5.78 Å². The maximum atomic E-state index is 10.5. The largest absolute Gasteiger partial charge is 0.344 e. The predicted molar refractivity (Wildman–Crippen MR) is 41.7 cm³/mol. The van der Waals surface area contributed by atoms with Crippen LogP contribution in [0.5, 0.6) is 0 Å². The molecule has 1 aromatic rings. The topological polar surface area (TPSA) is 17.1 Å². The average molecular weight is 204 g/mol. The van der Waals surface area contributed by atoms with Crippen LogP contribution in [0.4, 0.5) is 0 Å². The highest BCUT2D eigenvalue weighted by molar-refractivity contribution is 9.10. The van der Waals surface area contributed by atoms with E-state index in [0.717, 1.165) is 4.47 Å². The molecule has 46 valence electrons. The smallest absolute Gasteiger partial charge is 0.239 e. The molecule has 9 heavy (non-hydrogen) atoms. The van der Waals surface area contributed by atoms with Gasteiger partial charge >= 0.3 is 5.78 Å². The van der Waals surface area contributed by atoms with E-state index in [0.29, 0.717) is 4.88 Å². The molecule has 0 aliphatic heterocycles. The zero-order chi connectivity index (χ0) is 6.85. The number of thiophene rings is 1. The van der Waals surface area contributed by atoms with E-state index in [1.807, 2.05) is 5.38 Å². The minimum absolute atomic E-state index is 0.120. The SMILES string of the molecule is [CH2+]C(=O)c1cc(Br)cs1. The number of hydrogen-bond acceptors (Lipinski definition) is 2. The van der Waals surface area contributed by atoms with Crippen LogP contribution in [0.2, 0.25) is 0 Å². The Labute approximate surface area is 65.8 Å². The molecule has 1 heterocycles. The highest BCUT2D eigenvalue weighted by Gasteiger charge is 2.11. The third kappa shape index (κ3) is 1.56. The van der Waals surface area contributed by atoms with Crippen LogP contribution in [0.25, 0.3) is 0 Å². The first kappa shape index (κ1) is 6.83. The normalized spacial score (nSPS) is 9.44. The molecule has 0 saturated heterocycles. The van der Waals surface area contributed by atoms with Gasteiger partial charge in [-0.25, -0.2) is 4.79 Å². The number of rotatable bonds is 1. The van der Waals surface area contributed by atoms with Gasteiger partial charge in [-0.1, -0.05) is 0 Å². The molecule has 0 aromatic carbocycles. The Bertz CT molecular complexity index is 229. The highest BCUT2D eigenvalue weighted by atomic mass is 79.9. The van der Waals surface area contributed by atoms with E-state index >= 15 is 0 Å². The van der Waals surface area contributed by atoms with Gasteiger partial charge in [0, 0.05) is 5.38 Å². The maximum Gasteiger partial charge on any atom is 0.344 e. The molecular weight excluding hydrogens is 200 g/mol. The van der Waals surface area contributed by atoms with Crippen LogP contribution in [0.1, 0.15) is 9.67 Å². The molecule has 0 bridgehead atoms. The molecule has 0 aliphatic carbocycles. The van der Waals surface area contributed by atoms with Gasteiger partial charge in [0.2, 0.25) is 4.88 Å². The van der Waals surface area contributed by atoms with Crippen LogP contribution in [-0.4, -0.2) is 5.78 Å². The molecule has 0 fully saturated rings. The Balaban J connectivity index is 2.98. The summed E-state index contributed by atoms with van der Waals surface area (Å²) in [7, 11) is 0. The molecule has 0 amide bonds. The summed E-state index contributed by atoms with van der Waals surface area (Å²) in [5, 5.41) is 1.86. The second kappa shape index (κ2) is 2.54. The second-order valence-corrected chi connectivity index (χ2v) is 3.38. The fourth-order valence-electron chi connectivity index (χ4n) is 0.459. The van der Waals surface area contributed by atoms with Crippen molar-refractivity contribution in [2.45, 2.75) is 0 Å². The molecule has 1 rings (SSSR count). The van der Waals surface area contributed by atoms with E-state index in [2.05, 4.69) is 22.9 Å². The van der Waals surface area contributed by atoms with Gasteiger partial charge in [-0.15, -0.1) is 0 Å². The minimum Gasteiger partial charge on any atom is -0.239 e. The van der Waals surface area contributed by atoms with Crippen molar-refractivity contribution in [1.29, 1.82) is 0 Å². The third-order valence-corrected chi connectivity index (χ3v) is 2.57. The number of halogens is 1. The van der Waals surface area contributed by atoms with Crippen molar-refractivity contribution in [2.24, 2.45) is 0 Å². The molecule has 0 spiro atoms. The summed E-state index contributed by atoms with van der Waals surface area (Å²) in [6.07, 6.45) is 0. The van der Waals surface area contributed by atoms with Crippen molar-refractivity contribution in [3.8, 4) is 0 Å². The number of carbonyl (C=O) groups is 1. The molecule has 0 unspecified atom stereocenters. The Hall–Kier alpha value is -0.280. The van der Waals surface area contributed by atoms with E-state index in [9.17, 15) is 4.79 Å². The summed E-state index contributed by atoms with van der Waals surface area (Å²) >= 11 is 4.63. The molecule has 1 nitrogen and oxygen atoms in total. The standard InChI is InChI=1S/C6H4BrOS/c1-4(8)6-2-5(7)3-9-6/h2-3H,1H2/q+1. The lowest BCUT2D eigenvalue weighted by Crippen LogP contribution is -1.84. The van der Waals surface area contributed by atoms with Gasteiger partial charge in [0.05, 0.1) is 17.5 Å².